The van der Waals surface area contributed by atoms with E-state index in [1.807, 2.05) is 19.4 Å². The van der Waals surface area contributed by atoms with Crippen LogP contribution in [0.15, 0.2) is 17.8 Å². The van der Waals surface area contributed by atoms with Crippen LogP contribution in [0.25, 0.3) is 10.6 Å². The summed E-state index contributed by atoms with van der Waals surface area (Å²) in [5.41, 5.74) is 2.24. The number of nitrogens with one attached hydrogen (secondary N) is 1. The van der Waals surface area contributed by atoms with Crippen molar-refractivity contribution in [3.05, 3.63) is 23.5 Å². The number of aryl methyl sites for hydroxylation is 1. The van der Waals surface area contributed by atoms with E-state index in [0.717, 1.165) is 28.9 Å². The van der Waals surface area contributed by atoms with Crippen LogP contribution < -0.4 is 5.32 Å². The Morgan fingerprint density at radius 2 is 2.44 bits per heavy atom. The Kier molecular flexibility index (Phi) is 2.49. The number of thiazole rings is 1. The predicted octanol–water partition coefficient (Wildman–Crippen LogP) is 1.80. The van der Waals surface area contributed by atoms with Gasteiger partial charge in [-0.15, -0.1) is 11.3 Å². The topological polar surface area (TPSA) is 42.7 Å². The van der Waals surface area contributed by atoms with Crippen LogP contribution in [0.4, 0.5) is 0 Å². The molecule has 1 N–H and O–H groups in total. The van der Waals surface area contributed by atoms with Crippen LogP contribution in [0.1, 0.15) is 18.5 Å². The summed E-state index contributed by atoms with van der Waals surface area (Å²) >= 11 is 1.68. The molecular weight excluding hydrogens is 220 g/mol. The minimum absolute atomic E-state index is 0.739. The van der Waals surface area contributed by atoms with Crippen LogP contribution in [0, 0.1) is 0 Å². The molecule has 16 heavy (non-hydrogen) atoms. The molecule has 0 unspecified atom stereocenters. The maximum Gasteiger partial charge on any atom is 0.126 e. The van der Waals surface area contributed by atoms with Crippen molar-refractivity contribution in [1.29, 1.82) is 0 Å². The van der Waals surface area contributed by atoms with Crippen molar-refractivity contribution in [3.63, 3.8) is 0 Å². The van der Waals surface area contributed by atoms with Gasteiger partial charge in [-0.05, 0) is 12.8 Å². The normalized spacial score (nSPS) is 15.6. The molecule has 0 aliphatic heterocycles. The molecule has 2 heterocycles. The van der Waals surface area contributed by atoms with E-state index in [9.17, 15) is 0 Å². The number of nitrogens with zero attached hydrogens (tertiary/aromatic N) is 3. The van der Waals surface area contributed by atoms with E-state index < -0.39 is 0 Å². The summed E-state index contributed by atoms with van der Waals surface area (Å²) in [7, 11) is 1.92. The molecule has 2 aromatic rings. The van der Waals surface area contributed by atoms with Crippen molar-refractivity contribution < 1.29 is 0 Å². The van der Waals surface area contributed by atoms with E-state index in [2.05, 4.69) is 20.8 Å². The van der Waals surface area contributed by atoms with Gasteiger partial charge in [-0.2, -0.15) is 5.10 Å². The highest BCUT2D eigenvalue weighted by molar-refractivity contribution is 7.13. The zero-order chi connectivity index (χ0) is 11.0. The minimum Gasteiger partial charge on any atom is -0.308 e. The molecule has 2 aromatic heterocycles. The van der Waals surface area contributed by atoms with Gasteiger partial charge in [-0.1, -0.05) is 0 Å². The second kappa shape index (κ2) is 3.99. The van der Waals surface area contributed by atoms with Crippen molar-refractivity contribution in [2.24, 2.45) is 7.05 Å². The summed E-state index contributed by atoms with van der Waals surface area (Å²) < 4.78 is 1.80. The molecule has 1 fully saturated rings. The van der Waals surface area contributed by atoms with Crippen LogP contribution in [0.5, 0.6) is 0 Å². The monoisotopic (exact) mass is 234 g/mol. The lowest BCUT2D eigenvalue weighted by Crippen LogP contribution is -2.15. The summed E-state index contributed by atoms with van der Waals surface area (Å²) in [5, 5.41) is 10.8. The molecular formula is C11H14N4S. The highest BCUT2D eigenvalue weighted by atomic mass is 32.1. The van der Waals surface area contributed by atoms with Crippen molar-refractivity contribution >= 4 is 11.3 Å². The van der Waals surface area contributed by atoms with Gasteiger partial charge in [0.15, 0.2) is 0 Å². The second-order valence-corrected chi connectivity index (χ2v) is 5.06. The third kappa shape index (κ3) is 2.15. The quantitative estimate of drug-likeness (QED) is 0.877. The van der Waals surface area contributed by atoms with E-state index in [1.165, 1.54) is 12.8 Å². The van der Waals surface area contributed by atoms with Gasteiger partial charge in [0, 0.05) is 36.8 Å². The largest absolute Gasteiger partial charge is 0.308 e. The van der Waals surface area contributed by atoms with Gasteiger partial charge in [0.2, 0.25) is 0 Å². The third-order valence-corrected chi connectivity index (χ3v) is 3.59. The Bertz CT molecular complexity index is 484. The van der Waals surface area contributed by atoms with Crippen LogP contribution in [-0.2, 0) is 13.6 Å². The minimum atomic E-state index is 0.739. The molecule has 3 rings (SSSR count). The van der Waals surface area contributed by atoms with Gasteiger partial charge in [0.25, 0.3) is 0 Å². The molecule has 1 aliphatic carbocycles. The molecule has 4 nitrogen and oxygen atoms in total. The summed E-state index contributed by atoms with van der Waals surface area (Å²) in [4.78, 5) is 4.60. The average molecular weight is 234 g/mol. The fourth-order valence-electron chi connectivity index (χ4n) is 1.59. The first-order chi connectivity index (χ1) is 7.81. The van der Waals surface area contributed by atoms with Gasteiger partial charge in [-0.3, -0.25) is 4.68 Å². The summed E-state index contributed by atoms with van der Waals surface area (Å²) in [6, 6.07) is 0.739. The Hall–Kier alpha value is -1.20. The maximum atomic E-state index is 4.60. The summed E-state index contributed by atoms with van der Waals surface area (Å²) in [5.74, 6) is 0. The van der Waals surface area contributed by atoms with Gasteiger partial charge in [0.1, 0.15) is 5.01 Å². The van der Waals surface area contributed by atoms with Crippen molar-refractivity contribution in [3.8, 4) is 10.6 Å². The molecule has 0 amide bonds. The Balaban J connectivity index is 1.71. The molecule has 0 radical (unpaired) electrons. The number of aromatic nitrogens is 3. The zero-order valence-electron chi connectivity index (χ0n) is 9.18. The van der Waals surface area contributed by atoms with Crippen molar-refractivity contribution in [2.75, 3.05) is 0 Å². The lowest BCUT2D eigenvalue weighted by molar-refractivity contribution is 0.678. The molecule has 0 atom stereocenters. The molecule has 0 saturated heterocycles. The maximum absolute atomic E-state index is 4.60. The molecule has 0 spiro atoms. The first kappa shape index (κ1) is 9.99. The Labute approximate surface area is 98.3 Å². The van der Waals surface area contributed by atoms with Crippen LogP contribution in [-0.4, -0.2) is 20.8 Å². The van der Waals surface area contributed by atoms with Gasteiger partial charge < -0.3 is 5.32 Å². The van der Waals surface area contributed by atoms with Crippen molar-refractivity contribution in [2.45, 2.75) is 25.4 Å². The Morgan fingerprint density at radius 3 is 3.12 bits per heavy atom. The number of hydrogen-bond acceptors (Lipinski definition) is 4. The van der Waals surface area contributed by atoms with Crippen LogP contribution in [0.2, 0.25) is 0 Å². The lowest BCUT2D eigenvalue weighted by atomic mass is 10.4. The summed E-state index contributed by atoms with van der Waals surface area (Å²) in [6.45, 7) is 0.890. The van der Waals surface area contributed by atoms with Crippen molar-refractivity contribution in [1.82, 2.24) is 20.1 Å². The third-order valence-electron chi connectivity index (χ3n) is 2.65. The first-order valence-corrected chi connectivity index (χ1v) is 6.36. The molecule has 84 valence electrons. The molecule has 0 bridgehead atoms. The second-order valence-electron chi connectivity index (χ2n) is 4.20. The average Bonchev–Trinajstić information content (AvgIpc) is 2.81. The molecule has 0 aromatic carbocycles. The molecule has 1 saturated carbocycles. The standard InChI is InChI=1S/C11H14N4S/c1-15-6-8(4-13-15)11-14-10(7-16-11)5-12-9-2-3-9/h4,6-7,9,12H,2-3,5H2,1H3. The van der Waals surface area contributed by atoms with E-state index in [-0.39, 0.29) is 0 Å². The number of hydrogen-bond donors (Lipinski definition) is 1. The van der Waals surface area contributed by atoms with Crippen LogP contribution in [0.3, 0.4) is 0 Å². The predicted molar refractivity (Wildman–Crippen MR) is 64.2 cm³/mol. The van der Waals surface area contributed by atoms with E-state index in [0.29, 0.717) is 0 Å². The van der Waals surface area contributed by atoms with E-state index >= 15 is 0 Å². The molecule has 5 heteroatoms. The zero-order valence-corrected chi connectivity index (χ0v) is 10.00. The Morgan fingerprint density at radius 1 is 1.56 bits per heavy atom. The van der Waals surface area contributed by atoms with Gasteiger partial charge in [-0.25, -0.2) is 4.98 Å². The van der Waals surface area contributed by atoms with Gasteiger partial charge >= 0.3 is 0 Å². The lowest BCUT2D eigenvalue weighted by Gasteiger charge is -1.97. The highest BCUT2D eigenvalue weighted by Crippen LogP contribution is 2.24. The highest BCUT2D eigenvalue weighted by Gasteiger charge is 2.20. The number of rotatable bonds is 4. The SMILES string of the molecule is Cn1cc(-c2nc(CNC3CC3)cs2)cn1. The van der Waals surface area contributed by atoms with Gasteiger partial charge in [0.05, 0.1) is 11.9 Å². The van der Waals surface area contributed by atoms with E-state index in [1.54, 1.807) is 16.0 Å². The fraction of sp³-hybridized carbons (Fsp3) is 0.455. The van der Waals surface area contributed by atoms with Crippen LogP contribution >= 0.6 is 11.3 Å². The van der Waals surface area contributed by atoms with E-state index in [4.69, 9.17) is 0 Å². The molecule has 1 aliphatic rings. The first-order valence-electron chi connectivity index (χ1n) is 5.48. The summed E-state index contributed by atoms with van der Waals surface area (Å²) in [6.07, 6.45) is 6.49. The fourth-order valence-corrected chi connectivity index (χ4v) is 2.38. The smallest absolute Gasteiger partial charge is 0.126 e.